The molecule has 0 saturated carbocycles. The number of carbonyl (C=O) groups excluding carboxylic acids is 1. The van der Waals surface area contributed by atoms with E-state index in [1.54, 1.807) is 25.6 Å². The van der Waals surface area contributed by atoms with Gasteiger partial charge in [0.05, 0.1) is 37.8 Å². The summed E-state index contributed by atoms with van der Waals surface area (Å²) in [4.78, 5) is 19.1. The van der Waals surface area contributed by atoms with Crippen LogP contribution in [0.15, 0.2) is 42.7 Å². The molecule has 2 saturated heterocycles. The van der Waals surface area contributed by atoms with Gasteiger partial charge in [-0.15, -0.1) is 0 Å². The van der Waals surface area contributed by atoms with E-state index in [1.165, 1.54) is 0 Å². The van der Waals surface area contributed by atoms with Gasteiger partial charge in [0.2, 0.25) is 0 Å². The number of nitrogens with zero attached hydrogens (tertiary/aromatic N) is 2. The lowest BCUT2D eigenvalue weighted by molar-refractivity contribution is -0.169. The molecule has 142 valence electrons. The largest absolute Gasteiger partial charge is 0.497 e. The van der Waals surface area contributed by atoms with Gasteiger partial charge in [0, 0.05) is 43.9 Å². The van der Waals surface area contributed by atoms with Gasteiger partial charge in [0.1, 0.15) is 5.75 Å². The van der Waals surface area contributed by atoms with Crippen molar-refractivity contribution >= 4 is 17.3 Å². The minimum atomic E-state index is -0.411. The first-order chi connectivity index (χ1) is 13.2. The van der Waals surface area contributed by atoms with Crippen LogP contribution in [0.2, 0.25) is 0 Å². The Kier molecular flexibility index (Phi) is 4.96. The van der Waals surface area contributed by atoms with E-state index in [0.717, 1.165) is 31.6 Å². The second-order valence-electron chi connectivity index (χ2n) is 6.71. The fourth-order valence-electron chi connectivity index (χ4n) is 3.52. The highest BCUT2D eigenvalue weighted by atomic mass is 16.7. The number of carbonyl (C=O) groups is 1. The molecule has 1 aromatic heterocycles. The van der Waals surface area contributed by atoms with Crippen molar-refractivity contribution in [2.24, 2.45) is 0 Å². The molecule has 2 fully saturated rings. The monoisotopic (exact) mass is 369 g/mol. The summed E-state index contributed by atoms with van der Waals surface area (Å²) in [5, 5.41) is 2.89. The molecule has 0 bridgehead atoms. The lowest BCUT2D eigenvalue weighted by Gasteiger charge is -2.38. The zero-order valence-electron chi connectivity index (χ0n) is 15.3. The van der Waals surface area contributed by atoms with E-state index in [2.05, 4.69) is 15.2 Å². The summed E-state index contributed by atoms with van der Waals surface area (Å²) >= 11 is 0. The summed E-state index contributed by atoms with van der Waals surface area (Å²) in [6, 6.07) is 9.14. The van der Waals surface area contributed by atoms with E-state index in [1.807, 2.05) is 24.3 Å². The molecule has 1 aromatic carbocycles. The second-order valence-corrected chi connectivity index (χ2v) is 6.71. The fraction of sp³-hybridized carbons (Fsp3) is 0.400. The molecule has 0 unspecified atom stereocenters. The Morgan fingerprint density at radius 3 is 2.70 bits per heavy atom. The lowest BCUT2D eigenvalue weighted by Crippen LogP contribution is -2.45. The van der Waals surface area contributed by atoms with Crippen molar-refractivity contribution in [3.8, 4) is 5.75 Å². The molecular weight excluding hydrogens is 346 g/mol. The molecule has 4 rings (SSSR count). The van der Waals surface area contributed by atoms with Crippen molar-refractivity contribution in [2.45, 2.75) is 18.6 Å². The fourth-order valence-corrected chi connectivity index (χ4v) is 3.52. The number of nitrogens with one attached hydrogen (secondary N) is 1. The van der Waals surface area contributed by atoms with Crippen molar-refractivity contribution in [1.29, 1.82) is 0 Å². The molecular formula is C20H23N3O4. The molecule has 0 aliphatic carbocycles. The minimum absolute atomic E-state index is 0.200. The van der Waals surface area contributed by atoms with Gasteiger partial charge >= 0.3 is 0 Å². The summed E-state index contributed by atoms with van der Waals surface area (Å²) in [5.74, 6) is 0.0810. The van der Waals surface area contributed by atoms with E-state index in [0.29, 0.717) is 30.2 Å². The summed E-state index contributed by atoms with van der Waals surface area (Å²) in [6.45, 7) is 2.95. The highest BCUT2D eigenvalue weighted by molar-refractivity contribution is 6.04. The average Bonchev–Trinajstić information content (AvgIpc) is 3.16. The molecule has 1 N–H and O–H groups in total. The van der Waals surface area contributed by atoms with Crippen LogP contribution < -0.4 is 15.0 Å². The van der Waals surface area contributed by atoms with Gasteiger partial charge in [0.15, 0.2) is 5.79 Å². The van der Waals surface area contributed by atoms with Crippen molar-refractivity contribution in [3.63, 3.8) is 0 Å². The maximum atomic E-state index is 12.6. The Balaban J connectivity index is 1.43. The zero-order chi connectivity index (χ0) is 18.7. The van der Waals surface area contributed by atoms with Crippen LogP contribution >= 0.6 is 0 Å². The standard InChI is InChI=1S/C20H23N3O4/c1-25-18-4-2-3-16(12-18)22-19(24)15-11-17(14-21-13-15)23-7-5-20(6-8-23)26-9-10-27-20/h2-4,11-14H,5-10H2,1H3,(H,22,24). The third-order valence-corrected chi connectivity index (χ3v) is 5.02. The number of amides is 1. The first kappa shape index (κ1) is 17.8. The Morgan fingerprint density at radius 1 is 1.19 bits per heavy atom. The van der Waals surface area contributed by atoms with E-state index >= 15 is 0 Å². The second kappa shape index (κ2) is 7.54. The van der Waals surface area contributed by atoms with Crippen LogP contribution in [-0.2, 0) is 9.47 Å². The SMILES string of the molecule is COc1cccc(NC(=O)c2cncc(N3CCC4(CC3)OCCO4)c2)c1. The first-order valence-electron chi connectivity index (χ1n) is 9.11. The Bertz CT molecular complexity index is 810. The maximum absolute atomic E-state index is 12.6. The molecule has 0 atom stereocenters. The topological polar surface area (TPSA) is 72.9 Å². The van der Waals surface area contributed by atoms with Crippen molar-refractivity contribution < 1.29 is 19.0 Å². The van der Waals surface area contributed by atoms with Crippen LogP contribution in [0.1, 0.15) is 23.2 Å². The summed E-state index contributed by atoms with van der Waals surface area (Å²) in [6.07, 6.45) is 4.99. The van der Waals surface area contributed by atoms with Gasteiger partial charge < -0.3 is 24.4 Å². The molecule has 3 heterocycles. The predicted octanol–water partition coefficient (Wildman–Crippen LogP) is 2.69. The number of pyridine rings is 1. The molecule has 2 aliphatic rings. The number of methoxy groups -OCH3 is 1. The number of aromatic nitrogens is 1. The van der Waals surface area contributed by atoms with Crippen LogP contribution in [0.4, 0.5) is 11.4 Å². The molecule has 2 aromatic rings. The smallest absolute Gasteiger partial charge is 0.257 e. The Labute approximate surface area is 158 Å². The summed E-state index contributed by atoms with van der Waals surface area (Å²) < 4.78 is 16.7. The van der Waals surface area contributed by atoms with Gasteiger partial charge in [-0.1, -0.05) is 6.07 Å². The Morgan fingerprint density at radius 2 is 1.96 bits per heavy atom. The van der Waals surface area contributed by atoms with Crippen molar-refractivity contribution in [1.82, 2.24) is 4.98 Å². The summed E-state index contributed by atoms with van der Waals surface area (Å²) in [5.41, 5.74) is 2.13. The predicted molar refractivity (Wildman–Crippen MR) is 101 cm³/mol. The molecule has 7 nitrogen and oxygen atoms in total. The molecule has 2 aliphatic heterocycles. The number of anilines is 2. The number of rotatable bonds is 4. The molecule has 1 amide bonds. The number of hydrogen-bond acceptors (Lipinski definition) is 6. The van der Waals surface area contributed by atoms with Crippen molar-refractivity contribution in [3.05, 3.63) is 48.3 Å². The van der Waals surface area contributed by atoms with Crippen LogP contribution in [0.5, 0.6) is 5.75 Å². The minimum Gasteiger partial charge on any atom is -0.497 e. The quantitative estimate of drug-likeness (QED) is 0.893. The molecule has 7 heteroatoms. The average molecular weight is 369 g/mol. The van der Waals surface area contributed by atoms with Gasteiger partial charge in [-0.3, -0.25) is 9.78 Å². The first-order valence-corrected chi connectivity index (χ1v) is 9.11. The van der Waals surface area contributed by atoms with E-state index in [-0.39, 0.29) is 5.91 Å². The zero-order valence-corrected chi connectivity index (χ0v) is 15.3. The maximum Gasteiger partial charge on any atom is 0.257 e. The van der Waals surface area contributed by atoms with E-state index < -0.39 is 5.79 Å². The van der Waals surface area contributed by atoms with Gasteiger partial charge in [-0.05, 0) is 18.2 Å². The highest BCUT2D eigenvalue weighted by Crippen LogP contribution is 2.33. The number of ether oxygens (including phenoxy) is 3. The van der Waals surface area contributed by atoms with Crippen molar-refractivity contribution in [2.75, 3.05) is 43.6 Å². The third-order valence-electron chi connectivity index (χ3n) is 5.02. The lowest BCUT2D eigenvalue weighted by atomic mass is 10.0. The van der Waals surface area contributed by atoms with E-state index in [4.69, 9.17) is 14.2 Å². The van der Waals surface area contributed by atoms with Crippen LogP contribution in [0.25, 0.3) is 0 Å². The number of benzene rings is 1. The van der Waals surface area contributed by atoms with Gasteiger partial charge in [-0.25, -0.2) is 0 Å². The molecule has 1 spiro atoms. The molecule has 27 heavy (non-hydrogen) atoms. The van der Waals surface area contributed by atoms with Gasteiger partial charge in [0.25, 0.3) is 5.91 Å². The number of piperidine rings is 1. The highest BCUT2D eigenvalue weighted by Gasteiger charge is 2.39. The normalized spacial score (nSPS) is 18.5. The third kappa shape index (κ3) is 3.89. The van der Waals surface area contributed by atoms with Crippen LogP contribution in [-0.4, -0.2) is 50.1 Å². The van der Waals surface area contributed by atoms with Crippen LogP contribution in [0.3, 0.4) is 0 Å². The number of hydrogen-bond donors (Lipinski definition) is 1. The van der Waals surface area contributed by atoms with E-state index in [9.17, 15) is 4.79 Å². The van der Waals surface area contributed by atoms with Crippen LogP contribution in [0, 0.1) is 0 Å². The molecule has 0 radical (unpaired) electrons. The van der Waals surface area contributed by atoms with Gasteiger partial charge in [-0.2, -0.15) is 0 Å². The Hall–Kier alpha value is -2.64. The summed E-state index contributed by atoms with van der Waals surface area (Å²) in [7, 11) is 1.60.